The quantitative estimate of drug-likeness (QED) is 0.827. The Balaban J connectivity index is 2.14. The van der Waals surface area contributed by atoms with E-state index in [2.05, 4.69) is 5.32 Å². The molecule has 0 saturated heterocycles. The van der Waals surface area contributed by atoms with Crippen LogP contribution in [0.25, 0.3) is 0 Å². The fourth-order valence-electron chi connectivity index (χ4n) is 3.28. The molecule has 1 aromatic carbocycles. The second kappa shape index (κ2) is 6.39. The van der Waals surface area contributed by atoms with E-state index in [9.17, 15) is 18.0 Å². The molecule has 0 aromatic heterocycles. The van der Waals surface area contributed by atoms with E-state index >= 15 is 0 Å². The number of nitrogens with one attached hydrogen (secondary N) is 1. The number of halogens is 3. The van der Waals surface area contributed by atoms with E-state index in [0.29, 0.717) is 31.2 Å². The van der Waals surface area contributed by atoms with E-state index in [0.717, 1.165) is 6.07 Å². The summed E-state index contributed by atoms with van der Waals surface area (Å²) in [6, 6.07) is 5.43. The molecule has 1 fully saturated rings. The molecule has 2 rings (SSSR count). The lowest BCUT2D eigenvalue weighted by molar-refractivity contribution is -0.137. The molecule has 23 heavy (non-hydrogen) atoms. The van der Waals surface area contributed by atoms with Crippen molar-refractivity contribution in [3.63, 3.8) is 0 Å². The molecule has 1 amide bonds. The van der Waals surface area contributed by atoms with Crippen LogP contribution in [0, 0.1) is 0 Å². The lowest BCUT2D eigenvalue weighted by Gasteiger charge is -2.44. The van der Waals surface area contributed by atoms with E-state index in [1.807, 2.05) is 4.90 Å². The van der Waals surface area contributed by atoms with Crippen LogP contribution >= 0.6 is 0 Å². The van der Waals surface area contributed by atoms with Crippen molar-refractivity contribution in [2.45, 2.75) is 43.4 Å². The first-order chi connectivity index (χ1) is 10.6. The Morgan fingerprint density at radius 1 is 1.30 bits per heavy atom. The average molecular weight is 330 g/mol. The van der Waals surface area contributed by atoms with Gasteiger partial charge in [-0.3, -0.25) is 4.90 Å². The van der Waals surface area contributed by atoms with Gasteiger partial charge in [0, 0.05) is 0 Å². The highest BCUT2D eigenvalue weighted by molar-refractivity contribution is 5.65. The van der Waals surface area contributed by atoms with Gasteiger partial charge in [-0.1, -0.05) is 18.2 Å². The van der Waals surface area contributed by atoms with Crippen LogP contribution in [-0.2, 0) is 6.18 Å². The normalized spacial score (nSPS) is 25.4. The maximum Gasteiger partial charge on any atom is 0.416 e. The molecular formula is C16H21F3N2O2. The minimum Gasteiger partial charge on any atom is -0.465 e. The van der Waals surface area contributed by atoms with Gasteiger partial charge in [0.2, 0.25) is 0 Å². The minimum absolute atomic E-state index is 0.0148. The van der Waals surface area contributed by atoms with Crippen LogP contribution in [0.3, 0.4) is 0 Å². The highest BCUT2D eigenvalue weighted by atomic mass is 19.4. The second-order valence-electron chi connectivity index (χ2n) is 6.25. The summed E-state index contributed by atoms with van der Waals surface area (Å²) in [4.78, 5) is 12.9. The maximum atomic E-state index is 12.8. The molecule has 0 radical (unpaired) electrons. The maximum absolute atomic E-state index is 12.8. The van der Waals surface area contributed by atoms with E-state index in [-0.39, 0.29) is 5.92 Å². The zero-order valence-corrected chi connectivity index (χ0v) is 13.2. The molecule has 4 nitrogen and oxygen atoms in total. The van der Waals surface area contributed by atoms with Crippen molar-refractivity contribution in [1.29, 1.82) is 0 Å². The number of alkyl halides is 3. The van der Waals surface area contributed by atoms with Crippen LogP contribution in [0.4, 0.5) is 18.0 Å². The Morgan fingerprint density at radius 2 is 1.91 bits per heavy atom. The van der Waals surface area contributed by atoms with Gasteiger partial charge in [-0.25, -0.2) is 4.79 Å². The Morgan fingerprint density at radius 3 is 2.39 bits per heavy atom. The van der Waals surface area contributed by atoms with Crippen LogP contribution in [0.5, 0.6) is 0 Å². The lowest BCUT2D eigenvalue weighted by atomic mass is 9.77. The molecule has 1 saturated carbocycles. The average Bonchev–Trinajstić information content (AvgIpc) is 2.46. The lowest BCUT2D eigenvalue weighted by Crippen LogP contribution is -2.59. The van der Waals surface area contributed by atoms with Gasteiger partial charge in [0.25, 0.3) is 0 Å². The second-order valence-corrected chi connectivity index (χ2v) is 6.25. The third-order valence-electron chi connectivity index (χ3n) is 4.69. The van der Waals surface area contributed by atoms with Crippen molar-refractivity contribution in [2.24, 2.45) is 0 Å². The smallest absolute Gasteiger partial charge is 0.416 e. The first kappa shape index (κ1) is 17.6. The third-order valence-corrected chi connectivity index (χ3v) is 4.69. The van der Waals surface area contributed by atoms with E-state index < -0.39 is 23.5 Å². The third kappa shape index (κ3) is 3.96. The van der Waals surface area contributed by atoms with Crippen molar-refractivity contribution in [1.82, 2.24) is 10.2 Å². The molecule has 1 aliphatic rings. The Bertz CT molecular complexity index is 565. The Hall–Kier alpha value is -1.76. The molecule has 2 N–H and O–H groups in total. The molecule has 0 atom stereocenters. The zero-order chi connectivity index (χ0) is 17.3. The van der Waals surface area contributed by atoms with Gasteiger partial charge in [-0.15, -0.1) is 0 Å². The zero-order valence-electron chi connectivity index (χ0n) is 13.2. The van der Waals surface area contributed by atoms with E-state index in [1.54, 1.807) is 20.2 Å². The molecule has 128 valence electrons. The van der Waals surface area contributed by atoms with Crippen molar-refractivity contribution >= 4 is 6.09 Å². The summed E-state index contributed by atoms with van der Waals surface area (Å²) < 4.78 is 38.5. The summed E-state index contributed by atoms with van der Waals surface area (Å²) in [6.45, 7) is 0. The first-order valence-corrected chi connectivity index (χ1v) is 7.50. The fourth-order valence-corrected chi connectivity index (χ4v) is 3.28. The van der Waals surface area contributed by atoms with Crippen molar-refractivity contribution < 1.29 is 23.1 Å². The number of hydrogen-bond donors (Lipinski definition) is 2. The summed E-state index contributed by atoms with van der Waals surface area (Å²) in [7, 11) is 3.61. The SMILES string of the molecule is CN(C)C1(NC(=O)O)CCC(c2cccc(C(F)(F)F)c2)CC1. The number of nitrogens with zero attached hydrogens (tertiary/aromatic N) is 1. The van der Waals surface area contributed by atoms with Crippen LogP contribution in [0.1, 0.15) is 42.7 Å². The van der Waals surface area contributed by atoms with Gasteiger partial charge in [0.05, 0.1) is 11.2 Å². The summed E-state index contributed by atoms with van der Waals surface area (Å²) in [5, 5.41) is 11.6. The van der Waals surface area contributed by atoms with E-state index in [4.69, 9.17) is 5.11 Å². The molecule has 0 unspecified atom stereocenters. The van der Waals surface area contributed by atoms with Crippen molar-refractivity contribution in [2.75, 3.05) is 14.1 Å². The Labute approximate surface area is 133 Å². The summed E-state index contributed by atoms with van der Waals surface area (Å²) >= 11 is 0. The van der Waals surface area contributed by atoms with E-state index in [1.165, 1.54) is 12.1 Å². The fraction of sp³-hybridized carbons (Fsp3) is 0.562. The monoisotopic (exact) mass is 330 g/mol. The first-order valence-electron chi connectivity index (χ1n) is 7.50. The standard InChI is InChI=1S/C16H21F3N2O2/c1-21(2)15(20-14(22)23)8-6-11(7-9-15)12-4-3-5-13(10-12)16(17,18)19/h3-5,10-11,20H,6-9H2,1-2H3,(H,22,23). The minimum atomic E-state index is -4.34. The van der Waals surface area contributed by atoms with Gasteiger partial charge in [-0.05, 0) is 57.3 Å². The van der Waals surface area contributed by atoms with Crippen molar-refractivity contribution in [3.8, 4) is 0 Å². The Kier molecular flexibility index (Phi) is 4.89. The van der Waals surface area contributed by atoms with Gasteiger partial charge in [-0.2, -0.15) is 13.2 Å². The molecule has 0 heterocycles. The number of benzene rings is 1. The summed E-state index contributed by atoms with van der Waals surface area (Å²) in [5.41, 5.74) is -0.616. The number of hydrogen-bond acceptors (Lipinski definition) is 2. The highest BCUT2D eigenvalue weighted by Crippen LogP contribution is 2.40. The molecule has 0 aliphatic heterocycles. The van der Waals surface area contributed by atoms with Crippen LogP contribution < -0.4 is 5.32 Å². The molecule has 0 spiro atoms. The number of rotatable bonds is 3. The molecule has 0 bridgehead atoms. The van der Waals surface area contributed by atoms with Gasteiger partial charge >= 0.3 is 12.3 Å². The number of carbonyl (C=O) groups is 1. The molecule has 7 heteroatoms. The van der Waals surface area contributed by atoms with Gasteiger partial charge in [0.1, 0.15) is 0 Å². The number of amides is 1. The van der Waals surface area contributed by atoms with Gasteiger partial charge < -0.3 is 10.4 Å². The van der Waals surface area contributed by atoms with Crippen LogP contribution in [0.2, 0.25) is 0 Å². The summed E-state index contributed by atoms with van der Waals surface area (Å²) in [5.74, 6) is 0.0148. The predicted molar refractivity (Wildman–Crippen MR) is 80.2 cm³/mol. The van der Waals surface area contributed by atoms with Gasteiger partial charge in [0.15, 0.2) is 0 Å². The number of carboxylic acid groups (broad SMARTS) is 1. The molecule has 1 aliphatic carbocycles. The summed E-state index contributed by atoms with van der Waals surface area (Å²) in [6.07, 6.45) is -3.03. The highest BCUT2D eigenvalue weighted by Gasteiger charge is 2.39. The molecular weight excluding hydrogens is 309 g/mol. The van der Waals surface area contributed by atoms with Crippen LogP contribution in [0.15, 0.2) is 24.3 Å². The van der Waals surface area contributed by atoms with Crippen LogP contribution in [-0.4, -0.2) is 35.9 Å². The largest absolute Gasteiger partial charge is 0.465 e. The predicted octanol–water partition coefficient (Wildman–Crippen LogP) is 3.89. The van der Waals surface area contributed by atoms with Crippen molar-refractivity contribution in [3.05, 3.63) is 35.4 Å². The molecule has 1 aromatic rings. The topological polar surface area (TPSA) is 52.6 Å².